The number of halogens is 3. The number of imidazole rings is 1. The number of aryl methyl sites for hydroxylation is 1. The van der Waals surface area contributed by atoms with Crippen molar-refractivity contribution < 1.29 is 28.2 Å². The number of fused-ring (bicyclic) bond motifs is 1. The summed E-state index contributed by atoms with van der Waals surface area (Å²) in [6, 6.07) is 7.97. The van der Waals surface area contributed by atoms with Crippen LogP contribution >= 0.6 is 12.4 Å². The quantitative estimate of drug-likeness (QED) is 0.289. The SMILES string of the molecule is COc1ccc(-c2cnc3c(Nc4ccc(C(=O)N5CCN(C(=O)N6CCN[C@@H](CO)C6)CC5)c(C)c4)nccn23)c(F)c1F.Cl. The van der Waals surface area contributed by atoms with Gasteiger partial charge in [-0.15, -0.1) is 12.4 Å². The summed E-state index contributed by atoms with van der Waals surface area (Å²) >= 11 is 0. The van der Waals surface area contributed by atoms with E-state index in [-0.39, 0.29) is 48.3 Å². The molecular formula is C31H35ClF2N8O4. The van der Waals surface area contributed by atoms with Crippen LogP contribution in [0.15, 0.2) is 48.9 Å². The lowest BCUT2D eigenvalue weighted by atomic mass is 10.1. The van der Waals surface area contributed by atoms with Crippen LogP contribution in [0.3, 0.4) is 0 Å². The maximum atomic E-state index is 14.8. The standard InChI is InChI=1S/C31H34F2N8O4.ClH/c1-19-15-20(37-28-29-36-16-24(41(29)10-8-35-28)23-5-6-25(45-2)27(33)26(23)32)3-4-22(19)30(43)38-11-13-39(14-12-38)31(44)40-9-7-34-21(17-40)18-42;/h3-6,8,10,15-16,21,34,42H,7,9,11-14,17-18H2,1-2H3,(H,35,37);1H/t21-;/m1./s1. The van der Waals surface area contributed by atoms with Crippen LogP contribution in [0.2, 0.25) is 0 Å². The summed E-state index contributed by atoms with van der Waals surface area (Å²) in [5, 5.41) is 15.8. The van der Waals surface area contributed by atoms with Crippen molar-refractivity contribution in [1.82, 2.24) is 34.4 Å². The number of aliphatic hydroxyl groups is 1. The second-order valence-corrected chi connectivity index (χ2v) is 11.1. The molecule has 2 saturated heterocycles. The molecule has 6 rings (SSSR count). The van der Waals surface area contributed by atoms with Crippen LogP contribution in [0.4, 0.5) is 25.1 Å². The highest BCUT2D eigenvalue weighted by Crippen LogP contribution is 2.31. The highest BCUT2D eigenvalue weighted by atomic mass is 35.5. The number of urea groups is 1. The fraction of sp³-hybridized carbons (Fsp3) is 0.355. The number of aliphatic hydroxyl groups excluding tert-OH is 1. The first-order valence-electron chi connectivity index (χ1n) is 14.7. The predicted octanol–water partition coefficient (Wildman–Crippen LogP) is 3.30. The zero-order valence-corrected chi connectivity index (χ0v) is 26.2. The summed E-state index contributed by atoms with van der Waals surface area (Å²) < 4.78 is 35.7. The molecule has 2 aromatic heterocycles. The predicted molar refractivity (Wildman–Crippen MR) is 170 cm³/mol. The highest BCUT2D eigenvalue weighted by molar-refractivity contribution is 5.96. The number of nitrogens with one attached hydrogen (secondary N) is 2. The molecule has 0 unspecified atom stereocenters. The van der Waals surface area contributed by atoms with E-state index in [1.54, 1.807) is 37.4 Å². The molecule has 0 spiro atoms. The molecule has 4 heterocycles. The summed E-state index contributed by atoms with van der Waals surface area (Å²) in [4.78, 5) is 40.5. The van der Waals surface area contributed by atoms with Crippen molar-refractivity contribution in [2.75, 3.05) is 64.8 Å². The molecule has 0 radical (unpaired) electrons. The number of hydrogen-bond acceptors (Lipinski definition) is 8. The van der Waals surface area contributed by atoms with E-state index in [1.807, 2.05) is 13.0 Å². The molecule has 1 atom stereocenters. The second kappa shape index (κ2) is 13.8. The molecule has 46 heavy (non-hydrogen) atoms. The number of anilines is 2. The van der Waals surface area contributed by atoms with Crippen molar-refractivity contribution in [3.8, 4) is 17.0 Å². The minimum Gasteiger partial charge on any atom is -0.494 e. The Balaban J connectivity index is 0.00000417. The largest absolute Gasteiger partial charge is 0.494 e. The lowest BCUT2D eigenvalue weighted by Crippen LogP contribution is -2.59. The molecule has 3 amide bonds. The third-order valence-electron chi connectivity index (χ3n) is 8.27. The van der Waals surface area contributed by atoms with E-state index in [4.69, 9.17) is 4.74 Å². The maximum Gasteiger partial charge on any atom is 0.320 e. The Morgan fingerprint density at radius 3 is 2.52 bits per heavy atom. The first-order valence-corrected chi connectivity index (χ1v) is 14.7. The van der Waals surface area contributed by atoms with Crippen LogP contribution < -0.4 is 15.4 Å². The summed E-state index contributed by atoms with van der Waals surface area (Å²) in [6.45, 7) is 5.23. The van der Waals surface area contributed by atoms with Crippen LogP contribution in [0.5, 0.6) is 5.75 Å². The number of piperazine rings is 2. The van der Waals surface area contributed by atoms with Crippen LogP contribution in [-0.2, 0) is 0 Å². The summed E-state index contributed by atoms with van der Waals surface area (Å²) in [5.74, 6) is -2.02. The Morgan fingerprint density at radius 1 is 1.04 bits per heavy atom. The van der Waals surface area contributed by atoms with E-state index in [2.05, 4.69) is 20.6 Å². The smallest absolute Gasteiger partial charge is 0.320 e. The van der Waals surface area contributed by atoms with Crippen molar-refractivity contribution in [2.24, 2.45) is 0 Å². The third-order valence-corrected chi connectivity index (χ3v) is 8.27. The number of carbonyl (C=O) groups is 2. The number of ether oxygens (including phenoxy) is 1. The van der Waals surface area contributed by atoms with Crippen LogP contribution in [-0.4, -0.2) is 112 Å². The summed E-state index contributed by atoms with van der Waals surface area (Å²) in [6.07, 6.45) is 4.59. The van der Waals surface area contributed by atoms with Crippen molar-refractivity contribution in [3.05, 3.63) is 71.7 Å². The van der Waals surface area contributed by atoms with Gasteiger partial charge in [-0.2, -0.15) is 4.39 Å². The van der Waals surface area contributed by atoms with Gasteiger partial charge in [0, 0.05) is 81.1 Å². The molecule has 15 heteroatoms. The van der Waals surface area contributed by atoms with Crippen LogP contribution in [0, 0.1) is 18.6 Å². The Kier molecular flexibility index (Phi) is 9.89. The monoisotopic (exact) mass is 656 g/mol. The number of hydrogen-bond donors (Lipinski definition) is 3. The van der Waals surface area contributed by atoms with Crippen molar-refractivity contribution in [1.29, 1.82) is 0 Å². The van der Waals surface area contributed by atoms with Gasteiger partial charge in [-0.3, -0.25) is 9.20 Å². The number of amides is 3. The lowest BCUT2D eigenvalue weighted by Gasteiger charge is -2.40. The lowest BCUT2D eigenvalue weighted by molar-refractivity contribution is 0.0621. The van der Waals surface area contributed by atoms with E-state index in [1.165, 1.54) is 31.6 Å². The van der Waals surface area contributed by atoms with Gasteiger partial charge in [-0.25, -0.2) is 19.2 Å². The molecule has 0 aliphatic carbocycles. The Morgan fingerprint density at radius 2 is 1.80 bits per heavy atom. The number of methoxy groups -OCH3 is 1. The van der Waals surface area contributed by atoms with Crippen LogP contribution in [0.1, 0.15) is 15.9 Å². The zero-order valence-electron chi connectivity index (χ0n) is 25.4. The normalized spacial score (nSPS) is 16.7. The van der Waals surface area contributed by atoms with E-state index >= 15 is 0 Å². The van der Waals surface area contributed by atoms with Gasteiger partial charge in [0.2, 0.25) is 5.82 Å². The minimum absolute atomic E-state index is 0. The minimum atomic E-state index is -1.08. The average molecular weight is 657 g/mol. The van der Waals surface area contributed by atoms with Gasteiger partial charge in [0.25, 0.3) is 5.91 Å². The fourth-order valence-corrected chi connectivity index (χ4v) is 5.80. The summed E-state index contributed by atoms with van der Waals surface area (Å²) in [5.41, 5.74) is 2.76. The van der Waals surface area contributed by atoms with E-state index in [0.29, 0.717) is 74.2 Å². The Bertz CT molecular complexity index is 1750. The van der Waals surface area contributed by atoms with E-state index < -0.39 is 11.6 Å². The first-order chi connectivity index (χ1) is 21.8. The molecule has 4 aromatic rings. The average Bonchev–Trinajstić information content (AvgIpc) is 3.50. The molecule has 2 fully saturated rings. The molecule has 244 valence electrons. The van der Waals surface area contributed by atoms with E-state index in [0.717, 1.165) is 5.56 Å². The Labute approximate surface area is 270 Å². The molecule has 2 aliphatic heterocycles. The molecule has 12 nitrogen and oxygen atoms in total. The summed E-state index contributed by atoms with van der Waals surface area (Å²) in [7, 11) is 1.27. The number of aromatic nitrogens is 3. The molecule has 2 aromatic carbocycles. The third kappa shape index (κ3) is 6.28. The van der Waals surface area contributed by atoms with Gasteiger partial charge in [0.05, 0.1) is 25.6 Å². The van der Waals surface area contributed by atoms with Gasteiger partial charge in [0.1, 0.15) is 0 Å². The number of nitrogens with zero attached hydrogens (tertiary/aromatic N) is 6. The van der Waals surface area contributed by atoms with Gasteiger partial charge >= 0.3 is 6.03 Å². The zero-order chi connectivity index (χ0) is 31.7. The van der Waals surface area contributed by atoms with Gasteiger partial charge in [0.15, 0.2) is 23.0 Å². The number of benzene rings is 2. The van der Waals surface area contributed by atoms with Gasteiger partial charge < -0.3 is 35.2 Å². The van der Waals surface area contributed by atoms with Crippen molar-refractivity contribution >= 4 is 41.5 Å². The molecule has 3 N–H and O–H groups in total. The molecule has 0 saturated carbocycles. The van der Waals surface area contributed by atoms with E-state index in [9.17, 15) is 23.5 Å². The van der Waals surface area contributed by atoms with Crippen molar-refractivity contribution in [2.45, 2.75) is 13.0 Å². The molecule has 0 bridgehead atoms. The first kappa shape index (κ1) is 32.9. The molecular weight excluding hydrogens is 622 g/mol. The van der Waals surface area contributed by atoms with Crippen molar-refractivity contribution in [3.63, 3.8) is 0 Å². The van der Waals surface area contributed by atoms with Gasteiger partial charge in [-0.05, 0) is 42.8 Å². The highest BCUT2D eigenvalue weighted by Gasteiger charge is 2.30. The number of carbonyl (C=O) groups excluding carboxylic acids is 2. The maximum absolute atomic E-state index is 14.8. The van der Waals surface area contributed by atoms with Crippen LogP contribution in [0.25, 0.3) is 16.9 Å². The Hall–Kier alpha value is -4.53. The van der Waals surface area contributed by atoms with Gasteiger partial charge in [-0.1, -0.05) is 0 Å². The molecule has 2 aliphatic rings. The number of rotatable bonds is 6. The second-order valence-electron chi connectivity index (χ2n) is 11.1. The topological polar surface area (TPSA) is 128 Å². The fourth-order valence-electron chi connectivity index (χ4n) is 5.80.